The number of amides is 1. The van der Waals surface area contributed by atoms with Crippen molar-refractivity contribution in [2.24, 2.45) is 10.7 Å². The fraction of sp³-hybridized carbons (Fsp3) is 0.364. The Kier molecular flexibility index (Phi) is 11.1. The van der Waals surface area contributed by atoms with Gasteiger partial charge in [0, 0.05) is 20.1 Å². The van der Waals surface area contributed by atoms with Crippen LogP contribution >= 0.6 is 24.0 Å². The van der Waals surface area contributed by atoms with E-state index in [1.165, 1.54) is 22.3 Å². The highest BCUT2D eigenvalue weighted by atomic mass is 127. The highest BCUT2D eigenvalue weighted by molar-refractivity contribution is 14.0. The molecule has 0 aromatic heterocycles. The number of guanidine groups is 1. The lowest BCUT2D eigenvalue weighted by Crippen LogP contribution is -2.39. The summed E-state index contributed by atoms with van der Waals surface area (Å²) in [6.07, 6.45) is 1.81. The molecule has 0 aliphatic carbocycles. The van der Waals surface area contributed by atoms with Crippen LogP contribution in [0.4, 0.5) is 0 Å². The number of carbonyl (C=O) groups is 1. The predicted octanol–water partition coefficient (Wildman–Crippen LogP) is 2.74. The second kappa shape index (κ2) is 13.0. The number of nitrogens with two attached hydrogens (primary N) is 1. The van der Waals surface area contributed by atoms with Gasteiger partial charge >= 0.3 is 0 Å². The molecule has 1 amide bonds. The van der Waals surface area contributed by atoms with Crippen LogP contribution in [0.3, 0.4) is 0 Å². The second-order valence-corrected chi connectivity index (χ2v) is 6.82. The number of halogens is 1. The summed E-state index contributed by atoms with van der Waals surface area (Å²) in [6, 6.07) is 14.3. The van der Waals surface area contributed by atoms with Crippen molar-refractivity contribution in [3.63, 3.8) is 0 Å². The number of aryl methyl sites for hydroxylation is 2. The molecule has 0 atom stereocenters. The number of nitrogens with zero attached hydrogens (tertiary/aromatic N) is 1. The van der Waals surface area contributed by atoms with Crippen molar-refractivity contribution in [1.82, 2.24) is 10.6 Å². The molecule has 2 aromatic rings. The fourth-order valence-corrected chi connectivity index (χ4v) is 2.99. The first kappa shape index (κ1) is 24.7. The van der Waals surface area contributed by atoms with E-state index < -0.39 is 5.91 Å². The maximum Gasteiger partial charge on any atom is 0.255 e. The molecule has 29 heavy (non-hydrogen) atoms. The van der Waals surface area contributed by atoms with Crippen LogP contribution in [0.5, 0.6) is 5.75 Å². The lowest BCUT2D eigenvalue weighted by molar-refractivity contribution is -0.119. The maximum atomic E-state index is 10.7. The summed E-state index contributed by atoms with van der Waals surface area (Å²) in [5, 5.41) is 6.68. The molecule has 0 fully saturated rings. The van der Waals surface area contributed by atoms with Crippen molar-refractivity contribution < 1.29 is 9.53 Å². The Balaban J connectivity index is 0.00000420. The molecule has 0 saturated heterocycles. The van der Waals surface area contributed by atoms with Gasteiger partial charge in [-0.3, -0.25) is 9.79 Å². The van der Waals surface area contributed by atoms with Crippen molar-refractivity contribution in [1.29, 1.82) is 0 Å². The largest absolute Gasteiger partial charge is 0.484 e. The summed E-state index contributed by atoms with van der Waals surface area (Å²) in [4.78, 5) is 15.0. The average Bonchev–Trinajstić information content (AvgIpc) is 2.65. The molecule has 7 heteroatoms. The maximum absolute atomic E-state index is 10.7. The first-order valence-corrected chi connectivity index (χ1v) is 9.48. The van der Waals surface area contributed by atoms with E-state index in [-0.39, 0.29) is 30.6 Å². The zero-order valence-electron chi connectivity index (χ0n) is 17.3. The third-order valence-corrected chi connectivity index (χ3v) is 4.22. The lowest BCUT2D eigenvalue weighted by atomic mass is 10.1. The third kappa shape index (κ3) is 9.65. The van der Waals surface area contributed by atoms with Gasteiger partial charge in [0.05, 0.1) is 0 Å². The van der Waals surface area contributed by atoms with Crippen LogP contribution in [0.1, 0.15) is 22.3 Å². The van der Waals surface area contributed by atoms with Crippen molar-refractivity contribution >= 4 is 35.8 Å². The first-order chi connectivity index (χ1) is 13.5. The molecule has 4 N–H and O–H groups in total. The van der Waals surface area contributed by atoms with E-state index in [2.05, 4.69) is 47.7 Å². The molecule has 0 unspecified atom stereocenters. The molecule has 0 heterocycles. The number of rotatable bonds is 9. The highest BCUT2D eigenvalue weighted by Crippen LogP contribution is 2.12. The average molecular weight is 510 g/mol. The minimum Gasteiger partial charge on any atom is -0.484 e. The van der Waals surface area contributed by atoms with Crippen LogP contribution in [-0.4, -0.2) is 38.6 Å². The molecular formula is C22H31IN4O2. The molecule has 0 saturated carbocycles. The number of carbonyl (C=O) groups excluding carboxylic acids is 1. The van der Waals surface area contributed by atoms with Gasteiger partial charge in [0.2, 0.25) is 0 Å². The SMILES string of the molecule is CN=C(NCCc1ccc(OCC(N)=O)cc1)NCCc1cc(C)cc(C)c1.I. The van der Waals surface area contributed by atoms with Crippen molar-refractivity contribution in [2.45, 2.75) is 26.7 Å². The van der Waals surface area contributed by atoms with Crippen LogP contribution in [0, 0.1) is 13.8 Å². The normalized spacial score (nSPS) is 10.8. The van der Waals surface area contributed by atoms with E-state index in [1.807, 2.05) is 24.3 Å². The minimum absolute atomic E-state index is 0. The molecule has 0 aliphatic heterocycles. The van der Waals surface area contributed by atoms with Gasteiger partial charge < -0.3 is 21.1 Å². The van der Waals surface area contributed by atoms with Crippen LogP contribution in [0.25, 0.3) is 0 Å². The van der Waals surface area contributed by atoms with Gasteiger partial charge in [-0.15, -0.1) is 24.0 Å². The monoisotopic (exact) mass is 510 g/mol. The predicted molar refractivity (Wildman–Crippen MR) is 129 cm³/mol. The number of aliphatic imine (C=N–C) groups is 1. The Morgan fingerprint density at radius 1 is 0.966 bits per heavy atom. The number of hydrogen-bond donors (Lipinski definition) is 3. The first-order valence-electron chi connectivity index (χ1n) is 9.48. The smallest absolute Gasteiger partial charge is 0.255 e. The third-order valence-electron chi connectivity index (χ3n) is 4.22. The van der Waals surface area contributed by atoms with E-state index in [9.17, 15) is 4.79 Å². The quantitative estimate of drug-likeness (QED) is 0.275. The van der Waals surface area contributed by atoms with E-state index in [4.69, 9.17) is 10.5 Å². The Morgan fingerprint density at radius 3 is 2.03 bits per heavy atom. The topological polar surface area (TPSA) is 88.7 Å². The summed E-state index contributed by atoms with van der Waals surface area (Å²) in [7, 11) is 1.77. The number of nitrogens with one attached hydrogen (secondary N) is 2. The van der Waals surface area contributed by atoms with Gasteiger partial charge in [-0.1, -0.05) is 41.5 Å². The molecule has 0 bridgehead atoms. The van der Waals surface area contributed by atoms with E-state index >= 15 is 0 Å². The number of hydrogen-bond acceptors (Lipinski definition) is 3. The highest BCUT2D eigenvalue weighted by Gasteiger charge is 2.01. The molecule has 0 aliphatic rings. The zero-order chi connectivity index (χ0) is 20.4. The number of primary amides is 1. The summed E-state index contributed by atoms with van der Waals surface area (Å²) in [5.74, 6) is 0.954. The standard InChI is InChI=1S/C22H30N4O2.HI/c1-16-12-17(2)14-19(13-16)9-11-26-22(24-3)25-10-8-18-4-6-20(7-5-18)28-15-21(23)27;/h4-7,12-14H,8-11,15H2,1-3H3,(H2,23,27)(H2,24,25,26);1H. The van der Waals surface area contributed by atoms with Gasteiger partial charge in [-0.25, -0.2) is 0 Å². The summed E-state index contributed by atoms with van der Waals surface area (Å²) in [6.45, 7) is 5.74. The van der Waals surface area contributed by atoms with Gasteiger partial charge in [0.15, 0.2) is 12.6 Å². The number of ether oxygens (including phenoxy) is 1. The molecule has 2 rings (SSSR count). The summed E-state index contributed by atoms with van der Waals surface area (Å²) in [5.41, 5.74) is 10.2. The Morgan fingerprint density at radius 2 is 1.52 bits per heavy atom. The van der Waals surface area contributed by atoms with Gasteiger partial charge in [-0.05, 0) is 49.9 Å². The fourth-order valence-electron chi connectivity index (χ4n) is 2.99. The number of benzene rings is 2. The molecular weight excluding hydrogens is 479 g/mol. The van der Waals surface area contributed by atoms with E-state index in [1.54, 1.807) is 7.05 Å². The molecule has 6 nitrogen and oxygen atoms in total. The lowest BCUT2D eigenvalue weighted by Gasteiger charge is -2.12. The van der Waals surface area contributed by atoms with Crippen molar-refractivity contribution in [2.75, 3.05) is 26.7 Å². The van der Waals surface area contributed by atoms with Gasteiger partial charge in [-0.2, -0.15) is 0 Å². The molecule has 0 spiro atoms. The van der Waals surface area contributed by atoms with E-state index in [0.717, 1.165) is 31.9 Å². The minimum atomic E-state index is -0.482. The molecule has 158 valence electrons. The summed E-state index contributed by atoms with van der Waals surface area (Å²) < 4.78 is 5.26. The summed E-state index contributed by atoms with van der Waals surface area (Å²) >= 11 is 0. The van der Waals surface area contributed by atoms with Crippen molar-refractivity contribution in [3.05, 3.63) is 64.7 Å². The van der Waals surface area contributed by atoms with Gasteiger partial charge in [0.25, 0.3) is 5.91 Å². The zero-order valence-corrected chi connectivity index (χ0v) is 19.7. The van der Waals surface area contributed by atoms with Crippen LogP contribution in [0.15, 0.2) is 47.5 Å². The van der Waals surface area contributed by atoms with E-state index in [0.29, 0.717) is 5.75 Å². The van der Waals surface area contributed by atoms with Crippen molar-refractivity contribution in [3.8, 4) is 5.75 Å². The Hall–Kier alpha value is -2.29. The van der Waals surface area contributed by atoms with Crippen LogP contribution in [0.2, 0.25) is 0 Å². The Labute approximate surface area is 190 Å². The second-order valence-electron chi connectivity index (χ2n) is 6.82. The molecule has 0 radical (unpaired) electrons. The Bertz CT molecular complexity index is 787. The molecule has 2 aromatic carbocycles. The van der Waals surface area contributed by atoms with Crippen LogP contribution in [-0.2, 0) is 17.6 Å². The van der Waals surface area contributed by atoms with Gasteiger partial charge in [0.1, 0.15) is 5.75 Å². The van der Waals surface area contributed by atoms with Crippen LogP contribution < -0.4 is 21.1 Å².